The molecule has 0 saturated heterocycles. The first-order chi connectivity index (χ1) is 7.17. The summed E-state index contributed by atoms with van der Waals surface area (Å²) in [4.78, 5) is 10.7. The predicted octanol–water partition coefficient (Wildman–Crippen LogP) is 1.03. The maximum atomic E-state index is 10.7. The van der Waals surface area contributed by atoms with Crippen molar-refractivity contribution in [2.45, 2.75) is 32.9 Å². The van der Waals surface area contributed by atoms with Crippen molar-refractivity contribution >= 4 is 5.91 Å². The van der Waals surface area contributed by atoms with Crippen LogP contribution in [-0.4, -0.2) is 17.0 Å². The van der Waals surface area contributed by atoms with Gasteiger partial charge in [0.1, 0.15) is 6.54 Å². The molecular weight excluding hydrogens is 190 g/mol. The van der Waals surface area contributed by atoms with Crippen molar-refractivity contribution in [2.24, 2.45) is 5.73 Å². The fraction of sp³-hybridized carbons (Fsp3) is 0.545. The Balaban J connectivity index is 2.68. The Morgan fingerprint density at radius 2 is 2.33 bits per heavy atom. The molecule has 4 nitrogen and oxygen atoms in total. The summed E-state index contributed by atoms with van der Waals surface area (Å²) in [5, 5.41) is 3.39. The third-order valence-electron chi connectivity index (χ3n) is 2.37. The Labute approximate surface area is 90.5 Å². The van der Waals surface area contributed by atoms with E-state index in [2.05, 4.69) is 19.2 Å². The van der Waals surface area contributed by atoms with Crippen LogP contribution in [0.3, 0.4) is 0 Å². The largest absolute Gasteiger partial charge is 0.368 e. The van der Waals surface area contributed by atoms with E-state index in [4.69, 9.17) is 5.73 Å². The van der Waals surface area contributed by atoms with Crippen molar-refractivity contribution in [1.29, 1.82) is 0 Å². The van der Waals surface area contributed by atoms with Gasteiger partial charge in [-0.1, -0.05) is 13.8 Å². The van der Waals surface area contributed by atoms with Crippen LogP contribution in [0.2, 0.25) is 0 Å². The van der Waals surface area contributed by atoms with E-state index in [1.165, 1.54) is 5.56 Å². The number of nitrogens with two attached hydrogens (primary N) is 1. The van der Waals surface area contributed by atoms with Gasteiger partial charge in [-0.25, -0.2) is 0 Å². The SMILES string of the molecule is CCNC(CC)c1ccn(CC(N)=O)c1. The lowest BCUT2D eigenvalue weighted by atomic mass is 10.1. The quantitative estimate of drug-likeness (QED) is 0.735. The van der Waals surface area contributed by atoms with Crippen LogP contribution < -0.4 is 11.1 Å². The monoisotopic (exact) mass is 209 g/mol. The second-order valence-electron chi connectivity index (χ2n) is 3.60. The van der Waals surface area contributed by atoms with Crippen molar-refractivity contribution in [2.75, 3.05) is 6.54 Å². The van der Waals surface area contributed by atoms with Gasteiger partial charge < -0.3 is 15.6 Å². The van der Waals surface area contributed by atoms with Crippen molar-refractivity contribution in [3.8, 4) is 0 Å². The van der Waals surface area contributed by atoms with Crippen molar-refractivity contribution < 1.29 is 4.79 Å². The lowest BCUT2D eigenvalue weighted by Gasteiger charge is -2.13. The van der Waals surface area contributed by atoms with Crippen molar-refractivity contribution in [3.63, 3.8) is 0 Å². The number of hydrogen-bond acceptors (Lipinski definition) is 2. The zero-order chi connectivity index (χ0) is 11.3. The van der Waals surface area contributed by atoms with E-state index in [-0.39, 0.29) is 12.5 Å². The maximum Gasteiger partial charge on any atom is 0.237 e. The van der Waals surface area contributed by atoms with Crippen LogP contribution in [0.1, 0.15) is 31.9 Å². The highest BCUT2D eigenvalue weighted by molar-refractivity contribution is 5.73. The summed E-state index contributed by atoms with van der Waals surface area (Å²) in [6.07, 6.45) is 4.90. The van der Waals surface area contributed by atoms with Gasteiger partial charge in [-0.05, 0) is 24.6 Å². The van der Waals surface area contributed by atoms with Crippen LogP contribution in [0.4, 0.5) is 0 Å². The van der Waals surface area contributed by atoms with E-state index in [0.717, 1.165) is 13.0 Å². The number of hydrogen-bond donors (Lipinski definition) is 2. The second kappa shape index (κ2) is 5.56. The molecular formula is C11H19N3O. The minimum atomic E-state index is -0.311. The first-order valence-corrected chi connectivity index (χ1v) is 5.34. The molecule has 84 valence electrons. The van der Waals surface area contributed by atoms with Gasteiger partial charge in [0.2, 0.25) is 5.91 Å². The number of amides is 1. The van der Waals surface area contributed by atoms with Crippen LogP contribution in [0, 0.1) is 0 Å². The minimum absolute atomic E-state index is 0.253. The van der Waals surface area contributed by atoms with Gasteiger partial charge in [0.05, 0.1) is 0 Å². The third kappa shape index (κ3) is 3.40. The number of rotatable bonds is 6. The Morgan fingerprint density at radius 3 is 2.87 bits per heavy atom. The Morgan fingerprint density at radius 1 is 1.60 bits per heavy atom. The number of primary amides is 1. The molecule has 0 fully saturated rings. The standard InChI is InChI=1S/C11H19N3O/c1-3-10(13-4-2)9-5-6-14(7-9)8-11(12)15/h5-7,10,13H,3-4,8H2,1-2H3,(H2,12,15). The van der Waals surface area contributed by atoms with Crippen LogP contribution in [0.15, 0.2) is 18.5 Å². The van der Waals surface area contributed by atoms with Gasteiger partial charge in [-0.15, -0.1) is 0 Å². The molecule has 0 radical (unpaired) electrons. The van der Waals surface area contributed by atoms with E-state index in [1.54, 1.807) is 0 Å². The molecule has 0 spiro atoms. The predicted molar refractivity (Wildman–Crippen MR) is 60.3 cm³/mol. The van der Waals surface area contributed by atoms with Gasteiger partial charge in [0.15, 0.2) is 0 Å². The topological polar surface area (TPSA) is 60.1 Å². The average Bonchev–Trinajstić information content (AvgIpc) is 2.61. The van der Waals surface area contributed by atoms with Crippen LogP contribution >= 0.6 is 0 Å². The number of carbonyl (C=O) groups excluding carboxylic acids is 1. The summed E-state index contributed by atoms with van der Waals surface area (Å²) in [6, 6.07) is 2.39. The van der Waals surface area contributed by atoms with Gasteiger partial charge in [0.25, 0.3) is 0 Å². The van der Waals surface area contributed by atoms with Crippen molar-refractivity contribution in [3.05, 3.63) is 24.0 Å². The zero-order valence-electron chi connectivity index (χ0n) is 9.36. The van der Waals surface area contributed by atoms with E-state index in [1.807, 2.05) is 23.0 Å². The number of carbonyl (C=O) groups is 1. The van der Waals surface area contributed by atoms with Gasteiger partial charge in [-0.2, -0.15) is 0 Å². The summed E-state index contributed by atoms with van der Waals surface area (Å²) >= 11 is 0. The molecule has 1 heterocycles. The normalized spacial score (nSPS) is 12.7. The van der Waals surface area contributed by atoms with E-state index >= 15 is 0 Å². The molecule has 1 aromatic rings. The highest BCUT2D eigenvalue weighted by Gasteiger charge is 2.09. The van der Waals surface area contributed by atoms with Gasteiger partial charge in [0, 0.05) is 18.4 Å². The molecule has 0 bridgehead atoms. The summed E-state index contributed by atoms with van der Waals surface area (Å²) in [5.74, 6) is -0.311. The Kier molecular flexibility index (Phi) is 4.37. The second-order valence-corrected chi connectivity index (χ2v) is 3.60. The van der Waals surface area contributed by atoms with E-state index in [9.17, 15) is 4.79 Å². The van der Waals surface area contributed by atoms with Crippen molar-refractivity contribution in [1.82, 2.24) is 9.88 Å². The lowest BCUT2D eigenvalue weighted by Crippen LogP contribution is -2.20. The van der Waals surface area contributed by atoms with Crippen LogP contribution in [0.25, 0.3) is 0 Å². The smallest absolute Gasteiger partial charge is 0.237 e. The van der Waals surface area contributed by atoms with Crippen LogP contribution in [0.5, 0.6) is 0 Å². The summed E-state index contributed by atoms with van der Waals surface area (Å²) < 4.78 is 1.82. The van der Waals surface area contributed by atoms with E-state index < -0.39 is 0 Å². The summed E-state index contributed by atoms with van der Waals surface area (Å²) in [6.45, 7) is 5.42. The highest BCUT2D eigenvalue weighted by Crippen LogP contribution is 2.16. The molecule has 3 N–H and O–H groups in total. The number of aromatic nitrogens is 1. The Bertz CT molecular complexity index is 319. The molecule has 0 aliphatic heterocycles. The number of nitrogens with one attached hydrogen (secondary N) is 1. The molecule has 15 heavy (non-hydrogen) atoms. The lowest BCUT2D eigenvalue weighted by molar-refractivity contribution is -0.118. The molecule has 1 aromatic heterocycles. The summed E-state index contributed by atoms with van der Waals surface area (Å²) in [5.41, 5.74) is 6.33. The zero-order valence-corrected chi connectivity index (χ0v) is 9.36. The molecule has 1 amide bonds. The third-order valence-corrected chi connectivity index (χ3v) is 2.37. The molecule has 0 saturated carbocycles. The molecule has 1 unspecified atom stereocenters. The number of nitrogens with zero attached hydrogens (tertiary/aromatic N) is 1. The summed E-state index contributed by atoms with van der Waals surface area (Å²) in [7, 11) is 0. The molecule has 0 aliphatic carbocycles. The molecule has 4 heteroatoms. The highest BCUT2D eigenvalue weighted by atomic mass is 16.1. The average molecular weight is 209 g/mol. The minimum Gasteiger partial charge on any atom is -0.368 e. The molecule has 0 aromatic carbocycles. The van der Waals surface area contributed by atoms with Gasteiger partial charge in [-0.3, -0.25) is 4.79 Å². The fourth-order valence-electron chi connectivity index (χ4n) is 1.69. The first kappa shape index (κ1) is 11.8. The molecule has 1 atom stereocenters. The van der Waals surface area contributed by atoms with Crippen LogP contribution in [-0.2, 0) is 11.3 Å². The molecule has 1 rings (SSSR count). The Hall–Kier alpha value is -1.29. The van der Waals surface area contributed by atoms with Gasteiger partial charge >= 0.3 is 0 Å². The fourth-order valence-corrected chi connectivity index (χ4v) is 1.69. The molecule has 0 aliphatic rings. The van der Waals surface area contributed by atoms with E-state index in [0.29, 0.717) is 6.04 Å². The first-order valence-electron chi connectivity index (χ1n) is 5.34. The maximum absolute atomic E-state index is 10.7.